The van der Waals surface area contributed by atoms with E-state index in [4.69, 9.17) is 4.74 Å². The van der Waals surface area contributed by atoms with E-state index in [0.717, 1.165) is 43.7 Å². The standard InChI is InChI=1S/C31H36N2O3/c34-23-11-10-22-16-27-31-13-12-25-28(26(36-31)19-33(25)29(35)21-8-2-1-3-9-21)30(31,24(22)17-23)14-15-32(27)18-20-6-4-5-7-20/h1-3,8-11,17,20,25-28,34H,4-7,12-16,18-19H2/t25?,26-,27?,28?,30?,31?/m1/s1. The second kappa shape index (κ2) is 7.58. The molecule has 1 amide bonds. The fraction of sp³-hybridized carbons (Fsp3) is 0.581. The number of carbonyl (C=O) groups excluding carboxylic acids is 1. The van der Waals surface area contributed by atoms with Gasteiger partial charge in [0.15, 0.2) is 0 Å². The number of benzene rings is 2. The highest BCUT2D eigenvalue weighted by atomic mass is 16.5. The van der Waals surface area contributed by atoms with Crippen molar-refractivity contribution in [1.29, 1.82) is 0 Å². The van der Waals surface area contributed by atoms with E-state index in [1.54, 1.807) is 0 Å². The van der Waals surface area contributed by atoms with E-state index in [1.807, 2.05) is 36.4 Å². The van der Waals surface area contributed by atoms with E-state index in [9.17, 15) is 9.90 Å². The maximum absolute atomic E-state index is 13.7. The summed E-state index contributed by atoms with van der Waals surface area (Å²) in [5.41, 5.74) is 3.18. The average Bonchev–Trinajstić information content (AvgIpc) is 3.57. The fourth-order valence-corrected chi connectivity index (χ4v) is 9.89. The van der Waals surface area contributed by atoms with Crippen molar-refractivity contribution in [1.82, 2.24) is 9.80 Å². The Kier molecular flexibility index (Phi) is 4.57. The Hall–Kier alpha value is -2.37. The van der Waals surface area contributed by atoms with E-state index >= 15 is 0 Å². The Balaban J connectivity index is 1.22. The predicted molar refractivity (Wildman–Crippen MR) is 137 cm³/mol. The Morgan fingerprint density at radius 2 is 1.89 bits per heavy atom. The summed E-state index contributed by atoms with van der Waals surface area (Å²) in [6.45, 7) is 3.00. The number of amides is 1. The molecule has 188 valence electrons. The molecule has 2 aromatic carbocycles. The molecule has 5 nitrogen and oxygen atoms in total. The molecule has 5 unspecified atom stereocenters. The van der Waals surface area contributed by atoms with Crippen molar-refractivity contribution in [2.24, 2.45) is 11.8 Å². The number of phenolic OH excluding ortho intramolecular Hbond substituents is 1. The molecule has 2 aromatic rings. The lowest BCUT2D eigenvalue weighted by atomic mass is 9.46. The molecule has 1 N–H and O–H groups in total. The van der Waals surface area contributed by atoms with Gasteiger partial charge in [-0.2, -0.15) is 0 Å². The lowest BCUT2D eigenvalue weighted by Gasteiger charge is -2.65. The van der Waals surface area contributed by atoms with Crippen molar-refractivity contribution >= 4 is 5.91 Å². The molecule has 5 heteroatoms. The van der Waals surface area contributed by atoms with Gasteiger partial charge in [0.05, 0.1) is 11.7 Å². The minimum absolute atomic E-state index is 0.0763. The summed E-state index contributed by atoms with van der Waals surface area (Å²) in [6.07, 6.45) is 9.69. The van der Waals surface area contributed by atoms with E-state index < -0.39 is 0 Å². The maximum Gasteiger partial charge on any atom is 0.254 e. The molecule has 3 heterocycles. The SMILES string of the molecule is O=C(c1ccccc1)N1C[C@H]2OC34CCC1C2C31CCN(CC2CCCC2)C4Cc2ccc(O)cc21. The second-order valence-electron chi connectivity index (χ2n) is 12.4. The first-order chi connectivity index (χ1) is 17.6. The van der Waals surface area contributed by atoms with Crippen LogP contribution in [0.1, 0.15) is 66.4 Å². The number of phenols is 1. The summed E-state index contributed by atoms with van der Waals surface area (Å²) in [4.78, 5) is 18.6. The van der Waals surface area contributed by atoms with Gasteiger partial charge in [-0.15, -0.1) is 0 Å². The van der Waals surface area contributed by atoms with Gasteiger partial charge >= 0.3 is 0 Å². The molecule has 3 saturated heterocycles. The molecule has 6 aliphatic rings. The van der Waals surface area contributed by atoms with Crippen LogP contribution in [0.3, 0.4) is 0 Å². The Labute approximate surface area is 213 Å². The molecule has 0 radical (unpaired) electrons. The normalized spacial score (nSPS) is 38.7. The van der Waals surface area contributed by atoms with Gasteiger partial charge in [-0.3, -0.25) is 9.69 Å². The highest BCUT2D eigenvalue weighted by molar-refractivity contribution is 5.94. The van der Waals surface area contributed by atoms with Gasteiger partial charge < -0.3 is 14.7 Å². The van der Waals surface area contributed by atoms with Crippen LogP contribution in [-0.2, 0) is 16.6 Å². The van der Waals surface area contributed by atoms with Gasteiger partial charge in [0, 0.05) is 42.1 Å². The van der Waals surface area contributed by atoms with Gasteiger partial charge in [0.2, 0.25) is 0 Å². The summed E-state index contributed by atoms with van der Waals surface area (Å²) in [6, 6.07) is 16.5. The van der Waals surface area contributed by atoms with Crippen molar-refractivity contribution in [2.45, 2.75) is 80.6 Å². The Bertz CT molecular complexity index is 1210. The van der Waals surface area contributed by atoms with Crippen LogP contribution in [0.5, 0.6) is 5.75 Å². The summed E-state index contributed by atoms with van der Waals surface area (Å²) in [7, 11) is 0. The molecular formula is C31H36N2O3. The third kappa shape index (κ3) is 2.66. The Morgan fingerprint density at radius 3 is 2.72 bits per heavy atom. The highest BCUT2D eigenvalue weighted by Crippen LogP contribution is 2.69. The number of hydrogen-bond donors (Lipinski definition) is 1. The number of hydrogen-bond acceptors (Lipinski definition) is 4. The van der Waals surface area contributed by atoms with Crippen LogP contribution in [0.15, 0.2) is 48.5 Å². The van der Waals surface area contributed by atoms with Crippen LogP contribution >= 0.6 is 0 Å². The van der Waals surface area contributed by atoms with Crippen molar-refractivity contribution in [3.63, 3.8) is 0 Å². The van der Waals surface area contributed by atoms with Crippen LogP contribution in [-0.4, -0.2) is 64.2 Å². The number of carbonyl (C=O) groups is 1. The molecule has 36 heavy (non-hydrogen) atoms. The lowest BCUT2D eigenvalue weighted by Crippen LogP contribution is -2.74. The number of ether oxygens (including phenoxy) is 1. The lowest BCUT2D eigenvalue weighted by molar-refractivity contribution is -0.172. The summed E-state index contributed by atoms with van der Waals surface area (Å²) < 4.78 is 7.32. The summed E-state index contributed by atoms with van der Waals surface area (Å²) >= 11 is 0. The average molecular weight is 485 g/mol. The van der Waals surface area contributed by atoms with Crippen LogP contribution in [0, 0.1) is 11.8 Å². The summed E-state index contributed by atoms with van der Waals surface area (Å²) in [5, 5.41) is 10.6. The quantitative estimate of drug-likeness (QED) is 0.696. The molecule has 5 fully saturated rings. The minimum atomic E-state index is -0.196. The molecular weight excluding hydrogens is 448 g/mol. The number of rotatable bonds is 3. The minimum Gasteiger partial charge on any atom is -0.508 e. The number of nitrogens with zero attached hydrogens (tertiary/aromatic N) is 2. The largest absolute Gasteiger partial charge is 0.508 e. The zero-order chi connectivity index (χ0) is 24.1. The molecule has 6 atom stereocenters. The van der Waals surface area contributed by atoms with Crippen molar-refractivity contribution in [3.05, 3.63) is 65.2 Å². The van der Waals surface area contributed by atoms with Crippen LogP contribution in [0.25, 0.3) is 0 Å². The van der Waals surface area contributed by atoms with E-state index in [0.29, 0.717) is 24.3 Å². The zero-order valence-corrected chi connectivity index (χ0v) is 20.9. The topological polar surface area (TPSA) is 53.0 Å². The van der Waals surface area contributed by atoms with Gasteiger partial charge in [0.1, 0.15) is 5.75 Å². The monoisotopic (exact) mass is 484 g/mol. The third-order valence-electron chi connectivity index (χ3n) is 11.1. The molecule has 3 aliphatic carbocycles. The number of fused-ring (bicyclic) bond motifs is 1. The molecule has 4 bridgehead atoms. The second-order valence-corrected chi connectivity index (χ2v) is 12.4. The highest BCUT2D eigenvalue weighted by Gasteiger charge is 2.78. The first kappa shape index (κ1) is 21.7. The van der Waals surface area contributed by atoms with Crippen LogP contribution < -0.4 is 0 Å². The van der Waals surface area contributed by atoms with Crippen molar-refractivity contribution in [3.8, 4) is 5.75 Å². The van der Waals surface area contributed by atoms with E-state index in [2.05, 4.69) is 21.9 Å². The van der Waals surface area contributed by atoms with Crippen LogP contribution in [0.2, 0.25) is 0 Å². The fourth-order valence-electron chi connectivity index (χ4n) is 9.89. The molecule has 3 aliphatic heterocycles. The Morgan fingerprint density at radius 1 is 1.06 bits per heavy atom. The van der Waals surface area contributed by atoms with Gasteiger partial charge in [-0.25, -0.2) is 0 Å². The first-order valence-corrected chi connectivity index (χ1v) is 14.2. The first-order valence-electron chi connectivity index (χ1n) is 14.2. The van der Waals surface area contributed by atoms with Gasteiger partial charge in [-0.05, 0) is 86.4 Å². The molecule has 2 saturated carbocycles. The van der Waals surface area contributed by atoms with E-state index in [-0.39, 0.29) is 29.1 Å². The van der Waals surface area contributed by atoms with Crippen molar-refractivity contribution < 1.29 is 14.6 Å². The third-order valence-corrected chi connectivity index (χ3v) is 11.1. The number of aromatic hydroxyl groups is 1. The van der Waals surface area contributed by atoms with Crippen molar-refractivity contribution in [2.75, 3.05) is 19.6 Å². The smallest absolute Gasteiger partial charge is 0.254 e. The van der Waals surface area contributed by atoms with Crippen LogP contribution in [0.4, 0.5) is 0 Å². The van der Waals surface area contributed by atoms with Gasteiger partial charge in [0.25, 0.3) is 5.91 Å². The summed E-state index contributed by atoms with van der Waals surface area (Å²) in [5.74, 6) is 1.63. The maximum atomic E-state index is 13.7. The van der Waals surface area contributed by atoms with Gasteiger partial charge in [-0.1, -0.05) is 37.1 Å². The van der Waals surface area contributed by atoms with E-state index in [1.165, 1.54) is 43.4 Å². The predicted octanol–water partition coefficient (Wildman–Crippen LogP) is 4.52. The molecule has 0 aromatic heterocycles. The molecule has 0 spiro atoms. The number of likely N-dealkylation sites (tertiary alicyclic amines) is 2. The molecule has 8 rings (SSSR count). The number of piperidine rings is 1. The zero-order valence-electron chi connectivity index (χ0n) is 20.9.